The van der Waals surface area contributed by atoms with Crippen LogP contribution in [0.1, 0.15) is 11.1 Å². The van der Waals surface area contributed by atoms with Crippen LogP contribution in [0.15, 0.2) is 36.4 Å². The lowest BCUT2D eigenvalue weighted by Gasteiger charge is -2.38. The Labute approximate surface area is 167 Å². The molecule has 0 amide bonds. The van der Waals surface area contributed by atoms with Crippen LogP contribution in [0.25, 0.3) is 10.2 Å². The maximum atomic E-state index is 12.2. The lowest BCUT2D eigenvalue weighted by atomic mass is 10.1. The first-order valence-corrected chi connectivity index (χ1v) is 9.90. The minimum absolute atomic E-state index is 0.0965. The van der Waals surface area contributed by atoms with Crippen LogP contribution in [0.5, 0.6) is 11.5 Å². The van der Waals surface area contributed by atoms with Gasteiger partial charge in [-0.05, 0) is 36.2 Å². The van der Waals surface area contributed by atoms with Crippen molar-refractivity contribution in [3.63, 3.8) is 0 Å². The number of fused-ring (bicyclic) bond motifs is 1. The molecule has 3 aromatic rings. The van der Waals surface area contributed by atoms with E-state index in [9.17, 15) is 4.79 Å². The molecule has 1 fully saturated rings. The van der Waals surface area contributed by atoms with E-state index in [0.29, 0.717) is 13.1 Å². The van der Waals surface area contributed by atoms with Gasteiger partial charge in [0.1, 0.15) is 23.1 Å². The molecule has 0 atom stereocenters. The van der Waals surface area contributed by atoms with Crippen molar-refractivity contribution in [2.45, 2.75) is 19.4 Å². The van der Waals surface area contributed by atoms with Crippen LogP contribution in [-0.4, -0.2) is 44.4 Å². The zero-order valence-electron chi connectivity index (χ0n) is 16.1. The van der Waals surface area contributed by atoms with Gasteiger partial charge in [-0.3, -0.25) is 4.79 Å². The van der Waals surface area contributed by atoms with Crippen LogP contribution in [-0.2, 0) is 16.0 Å². The molecule has 7 heteroatoms. The Kier molecular flexibility index (Phi) is 5.09. The Morgan fingerprint density at radius 3 is 2.68 bits per heavy atom. The summed E-state index contributed by atoms with van der Waals surface area (Å²) in [5, 5.41) is 0.928. The van der Waals surface area contributed by atoms with Crippen LogP contribution < -0.4 is 14.4 Å². The number of rotatable bonds is 6. The number of esters is 1. The molecule has 28 heavy (non-hydrogen) atoms. The molecule has 1 aliphatic rings. The zero-order chi connectivity index (χ0) is 19.7. The fourth-order valence-electron chi connectivity index (χ4n) is 3.33. The van der Waals surface area contributed by atoms with Crippen molar-refractivity contribution in [1.29, 1.82) is 0 Å². The molecular formula is C21H22N2O4S. The minimum Gasteiger partial charge on any atom is -0.496 e. The van der Waals surface area contributed by atoms with Crippen LogP contribution in [0, 0.1) is 6.92 Å². The number of ether oxygens (including phenoxy) is 3. The van der Waals surface area contributed by atoms with Crippen LogP contribution in [0.4, 0.5) is 5.13 Å². The molecule has 4 rings (SSSR count). The standard InChI is InChI=1S/C21H22N2O4S/c1-13-9-14(7-8-16(13)25-2)10-19(24)27-15-11-23(12-15)21-22-20-17(26-3)5-4-6-18(20)28-21/h4-9,15H,10-12H2,1-3H3. The van der Waals surface area contributed by atoms with Crippen molar-refractivity contribution >= 4 is 32.7 Å². The van der Waals surface area contributed by atoms with Crippen molar-refractivity contribution in [3.05, 3.63) is 47.5 Å². The summed E-state index contributed by atoms with van der Waals surface area (Å²) in [7, 11) is 3.29. The van der Waals surface area contributed by atoms with Gasteiger partial charge >= 0.3 is 5.97 Å². The minimum atomic E-state index is -0.208. The van der Waals surface area contributed by atoms with Crippen molar-refractivity contribution in [2.24, 2.45) is 0 Å². The van der Waals surface area contributed by atoms with E-state index in [4.69, 9.17) is 14.2 Å². The third-order valence-electron chi connectivity index (χ3n) is 4.81. The number of carbonyl (C=O) groups excluding carboxylic acids is 1. The molecule has 0 saturated carbocycles. The Bertz CT molecular complexity index is 1010. The van der Waals surface area contributed by atoms with Gasteiger partial charge in [0.05, 0.1) is 38.4 Å². The number of methoxy groups -OCH3 is 2. The second-order valence-electron chi connectivity index (χ2n) is 6.80. The molecule has 0 unspecified atom stereocenters. The van der Waals surface area contributed by atoms with E-state index in [2.05, 4.69) is 9.88 Å². The summed E-state index contributed by atoms with van der Waals surface area (Å²) in [4.78, 5) is 19.1. The molecule has 146 valence electrons. The van der Waals surface area contributed by atoms with Gasteiger partial charge in [0, 0.05) is 0 Å². The maximum absolute atomic E-state index is 12.2. The summed E-state index contributed by atoms with van der Waals surface area (Å²) in [5.74, 6) is 1.39. The van der Waals surface area contributed by atoms with Crippen LogP contribution in [0.3, 0.4) is 0 Å². The number of hydrogen-bond acceptors (Lipinski definition) is 7. The van der Waals surface area contributed by atoms with Crippen molar-refractivity contribution in [3.8, 4) is 11.5 Å². The number of aromatic nitrogens is 1. The molecule has 0 bridgehead atoms. The number of anilines is 1. The topological polar surface area (TPSA) is 60.9 Å². The van der Waals surface area contributed by atoms with E-state index in [0.717, 1.165) is 38.0 Å². The number of nitrogens with zero attached hydrogens (tertiary/aromatic N) is 2. The van der Waals surface area contributed by atoms with E-state index in [1.807, 2.05) is 43.3 Å². The summed E-state index contributed by atoms with van der Waals surface area (Å²) in [6.45, 7) is 3.29. The van der Waals surface area contributed by atoms with Crippen molar-refractivity contribution < 1.29 is 19.0 Å². The van der Waals surface area contributed by atoms with Gasteiger partial charge in [-0.1, -0.05) is 29.5 Å². The first-order chi connectivity index (χ1) is 13.6. The monoisotopic (exact) mass is 398 g/mol. The highest BCUT2D eigenvalue weighted by Gasteiger charge is 2.32. The highest BCUT2D eigenvalue weighted by Crippen LogP contribution is 2.36. The first-order valence-electron chi connectivity index (χ1n) is 9.09. The van der Waals surface area contributed by atoms with E-state index < -0.39 is 0 Å². The summed E-state index contributed by atoms with van der Waals surface area (Å²) in [6.07, 6.45) is 0.167. The molecule has 1 saturated heterocycles. The number of benzene rings is 2. The first kappa shape index (κ1) is 18.6. The summed E-state index contributed by atoms with van der Waals surface area (Å²) in [6, 6.07) is 11.6. The predicted octanol–water partition coefficient (Wildman–Crippen LogP) is 3.60. The van der Waals surface area contributed by atoms with Gasteiger partial charge in [-0.15, -0.1) is 0 Å². The van der Waals surface area contributed by atoms with Gasteiger partial charge < -0.3 is 19.1 Å². The Balaban J connectivity index is 1.33. The number of thiazole rings is 1. The number of para-hydroxylation sites is 1. The average Bonchev–Trinajstić information content (AvgIpc) is 3.08. The van der Waals surface area contributed by atoms with Crippen molar-refractivity contribution in [2.75, 3.05) is 32.2 Å². The van der Waals surface area contributed by atoms with Gasteiger partial charge in [0.25, 0.3) is 0 Å². The van der Waals surface area contributed by atoms with Crippen LogP contribution in [0.2, 0.25) is 0 Å². The predicted molar refractivity (Wildman–Crippen MR) is 110 cm³/mol. The number of hydrogen-bond donors (Lipinski definition) is 0. The molecule has 0 N–H and O–H groups in total. The lowest BCUT2D eigenvalue weighted by Crippen LogP contribution is -2.53. The molecule has 6 nitrogen and oxygen atoms in total. The Morgan fingerprint density at radius 1 is 1.18 bits per heavy atom. The number of carbonyl (C=O) groups is 1. The highest BCUT2D eigenvalue weighted by molar-refractivity contribution is 7.22. The normalized spacial score (nSPS) is 14.0. The fourth-order valence-corrected chi connectivity index (χ4v) is 4.33. The quantitative estimate of drug-likeness (QED) is 0.592. The molecule has 2 aromatic carbocycles. The largest absolute Gasteiger partial charge is 0.496 e. The van der Waals surface area contributed by atoms with Gasteiger partial charge in [-0.2, -0.15) is 0 Å². The van der Waals surface area contributed by atoms with E-state index in [-0.39, 0.29) is 18.5 Å². The smallest absolute Gasteiger partial charge is 0.310 e. The zero-order valence-corrected chi connectivity index (χ0v) is 16.9. The molecule has 0 aliphatic carbocycles. The number of aryl methyl sites for hydroxylation is 1. The third kappa shape index (κ3) is 3.62. The molecule has 1 aromatic heterocycles. The fraction of sp³-hybridized carbons (Fsp3) is 0.333. The van der Waals surface area contributed by atoms with Crippen LogP contribution >= 0.6 is 11.3 Å². The summed E-state index contributed by atoms with van der Waals surface area (Å²) >= 11 is 1.62. The maximum Gasteiger partial charge on any atom is 0.310 e. The van der Waals surface area contributed by atoms with Gasteiger partial charge in [-0.25, -0.2) is 4.98 Å². The summed E-state index contributed by atoms with van der Waals surface area (Å²) < 4.78 is 17.3. The second-order valence-corrected chi connectivity index (χ2v) is 7.81. The highest BCUT2D eigenvalue weighted by atomic mass is 32.1. The second kappa shape index (κ2) is 7.67. The van der Waals surface area contributed by atoms with E-state index >= 15 is 0 Å². The van der Waals surface area contributed by atoms with Gasteiger partial charge in [0.2, 0.25) is 0 Å². The molecule has 1 aliphatic heterocycles. The SMILES string of the molecule is COc1ccc(CC(=O)OC2CN(c3nc4c(OC)cccc4s3)C2)cc1C. The average molecular weight is 398 g/mol. The van der Waals surface area contributed by atoms with Crippen molar-refractivity contribution in [1.82, 2.24) is 4.98 Å². The molecule has 0 radical (unpaired) electrons. The Hall–Kier alpha value is -2.80. The lowest BCUT2D eigenvalue weighted by molar-refractivity contribution is -0.149. The van der Waals surface area contributed by atoms with E-state index in [1.54, 1.807) is 25.6 Å². The van der Waals surface area contributed by atoms with E-state index in [1.165, 1.54) is 0 Å². The Morgan fingerprint density at radius 2 is 1.96 bits per heavy atom. The third-order valence-corrected chi connectivity index (χ3v) is 5.90. The summed E-state index contributed by atoms with van der Waals surface area (Å²) in [5.41, 5.74) is 2.81. The van der Waals surface area contributed by atoms with Gasteiger partial charge in [0.15, 0.2) is 5.13 Å². The molecular weight excluding hydrogens is 376 g/mol. The molecule has 0 spiro atoms. The molecule has 2 heterocycles.